The molecule has 2 rings (SSSR count). The van der Waals surface area contributed by atoms with E-state index in [0.717, 1.165) is 30.3 Å². The number of methoxy groups -OCH3 is 2. The fourth-order valence-corrected chi connectivity index (χ4v) is 2.24. The highest BCUT2D eigenvalue weighted by Crippen LogP contribution is 2.24. The van der Waals surface area contributed by atoms with Crippen molar-refractivity contribution in [3.05, 3.63) is 29.5 Å². The van der Waals surface area contributed by atoms with Gasteiger partial charge in [-0.25, -0.2) is 9.78 Å². The van der Waals surface area contributed by atoms with Gasteiger partial charge in [0.05, 0.1) is 20.4 Å². The second-order valence-electron chi connectivity index (χ2n) is 4.55. The van der Waals surface area contributed by atoms with Crippen LogP contribution in [0.5, 0.6) is 5.88 Å². The summed E-state index contributed by atoms with van der Waals surface area (Å²) in [5.41, 5.74) is 2.12. The molecular weight excluding hydrogens is 271 g/mol. The van der Waals surface area contributed by atoms with Crippen LogP contribution in [0.25, 0.3) is 5.57 Å². The Morgan fingerprint density at radius 3 is 2.95 bits per heavy atom. The van der Waals surface area contributed by atoms with E-state index in [4.69, 9.17) is 9.47 Å². The number of aromatic nitrogens is 1. The Labute approximate surface area is 124 Å². The zero-order valence-electron chi connectivity index (χ0n) is 12.0. The molecule has 1 aliphatic heterocycles. The van der Waals surface area contributed by atoms with Gasteiger partial charge in [0.1, 0.15) is 5.56 Å². The number of carbonyl (C=O) groups is 2. The van der Waals surface area contributed by atoms with Crippen molar-refractivity contribution in [2.45, 2.75) is 6.42 Å². The normalized spacial score (nSPS) is 15.0. The van der Waals surface area contributed by atoms with Gasteiger partial charge < -0.3 is 19.1 Å². The summed E-state index contributed by atoms with van der Waals surface area (Å²) in [7, 11) is 4.29. The number of rotatable bonds is 5. The maximum atomic E-state index is 11.8. The molecule has 1 aromatic heterocycles. The van der Waals surface area contributed by atoms with Crippen molar-refractivity contribution in [1.82, 2.24) is 9.79 Å². The van der Waals surface area contributed by atoms with Gasteiger partial charge in [0.2, 0.25) is 5.88 Å². The number of pyridine rings is 1. The molecule has 21 heavy (non-hydrogen) atoms. The topological polar surface area (TPSA) is 68.7 Å². The van der Waals surface area contributed by atoms with Gasteiger partial charge in [0.15, 0.2) is 0 Å². The minimum Gasteiger partial charge on any atom is -0.480 e. The van der Waals surface area contributed by atoms with Crippen molar-refractivity contribution < 1.29 is 19.1 Å². The van der Waals surface area contributed by atoms with E-state index in [1.165, 1.54) is 21.6 Å². The molecule has 0 aliphatic carbocycles. The van der Waals surface area contributed by atoms with E-state index in [2.05, 4.69) is 11.1 Å². The predicted molar refractivity (Wildman–Crippen MR) is 78.8 cm³/mol. The number of ether oxygens (including phenoxy) is 2. The van der Waals surface area contributed by atoms with Crippen molar-refractivity contribution in [3.8, 4) is 5.88 Å². The van der Waals surface area contributed by atoms with E-state index in [-0.39, 0.29) is 11.4 Å². The third kappa shape index (κ3) is 3.49. The Balaban J connectivity index is 2.30. The molecule has 0 unspecified atom stereocenters. The number of nitrogens with zero attached hydrogens (tertiary/aromatic N) is 2. The highest BCUT2D eigenvalue weighted by atomic mass is 16.5. The Morgan fingerprint density at radius 1 is 1.48 bits per heavy atom. The smallest absolute Gasteiger partial charge is 0.343 e. The van der Waals surface area contributed by atoms with Gasteiger partial charge in [0.25, 0.3) is 7.41 Å². The standard InChI is InChI=1S/C14H16BN2O4/c1-20-13-12(14(19)21-2)6-11(7-16-13)10-4-3-5-17(8-10)15-9-18/h4,6-7,9H,3,5,8H2,1-2H3. The minimum absolute atomic E-state index is 0.235. The van der Waals surface area contributed by atoms with Crippen LogP contribution >= 0.6 is 0 Å². The predicted octanol–water partition coefficient (Wildman–Crippen LogP) is 0.775. The highest BCUT2D eigenvalue weighted by Gasteiger charge is 2.19. The Hall–Kier alpha value is -2.15. The van der Waals surface area contributed by atoms with E-state index in [1.807, 2.05) is 4.81 Å². The summed E-state index contributed by atoms with van der Waals surface area (Å²) < 4.78 is 9.82. The molecule has 0 bridgehead atoms. The summed E-state index contributed by atoms with van der Waals surface area (Å²) in [5, 5.41) is 0. The van der Waals surface area contributed by atoms with E-state index >= 15 is 0 Å². The van der Waals surface area contributed by atoms with E-state index in [9.17, 15) is 9.59 Å². The van der Waals surface area contributed by atoms with Crippen LogP contribution in [0, 0.1) is 0 Å². The summed E-state index contributed by atoms with van der Waals surface area (Å²) >= 11 is 0. The van der Waals surface area contributed by atoms with E-state index in [1.54, 1.807) is 12.3 Å². The first-order valence-electron chi connectivity index (χ1n) is 6.54. The summed E-state index contributed by atoms with van der Waals surface area (Å²) in [6.07, 6.45) is 5.34. The molecule has 6 nitrogen and oxygen atoms in total. The lowest BCUT2D eigenvalue weighted by Crippen LogP contribution is -2.33. The molecule has 0 N–H and O–H groups in total. The number of hydrogen-bond donors (Lipinski definition) is 0. The molecular formula is C14H16BN2O4. The Kier molecular flexibility index (Phi) is 5.11. The van der Waals surface area contributed by atoms with E-state index in [0.29, 0.717) is 6.54 Å². The van der Waals surface area contributed by atoms with Crippen LogP contribution in [0.3, 0.4) is 0 Å². The van der Waals surface area contributed by atoms with Crippen molar-refractivity contribution in [1.29, 1.82) is 0 Å². The number of hydrogen-bond acceptors (Lipinski definition) is 6. The van der Waals surface area contributed by atoms with Crippen molar-refractivity contribution >= 4 is 25.1 Å². The van der Waals surface area contributed by atoms with Gasteiger partial charge >= 0.3 is 5.97 Å². The molecule has 0 fully saturated rings. The Bertz CT molecular complexity index is 574. The van der Waals surface area contributed by atoms with Crippen LogP contribution in [0.4, 0.5) is 0 Å². The molecule has 1 aliphatic rings. The van der Waals surface area contributed by atoms with Crippen LogP contribution < -0.4 is 4.74 Å². The first-order valence-corrected chi connectivity index (χ1v) is 6.54. The quantitative estimate of drug-likeness (QED) is 0.453. The van der Waals surface area contributed by atoms with Gasteiger partial charge in [-0.3, -0.25) is 0 Å². The average molecular weight is 287 g/mol. The molecule has 109 valence electrons. The van der Waals surface area contributed by atoms with Gasteiger partial charge in [-0.05, 0) is 30.2 Å². The zero-order chi connectivity index (χ0) is 15.2. The molecule has 7 heteroatoms. The van der Waals surface area contributed by atoms with Crippen molar-refractivity contribution in [2.75, 3.05) is 27.3 Å². The van der Waals surface area contributed by atoms with Crippen LogP contribution in [0.1, 0.15) is 22.3 Å². The van der Waals surface area contributed by atoms with E-state index < -0.39 is 5.97 Å². The second-order valence-corrected chi connectivity index (χ2v) is 4.55. The molecule has 0 spiro atoms. The maximum absolute atomic E-state index is 11.8. The van der Waals surface area contributed by atoms with Gasteiger partial charge in [-0.1, -0.05) is 6.08 Å². The molecule has 0 amide bonds. The van der Waals surface area contributed by atoms with Crippen LogP contribution in [0.2, 0.25) is 0 Å². The maximum Gasteiger partial charge on any atom is 0.343 e. The molecule has 0 atom stereocenters. The first-order chi connectivity index (χ1) is 10.2. The van der Waals surface area contributed by atoms with Crippen LogP contribution in [-0.2, 0) is 9.53 Å². The van der Waals surface area contributed by atoms with Crippen molar-refractivity contribution in [2.24, 2.45) is 0 Å². The SMILES string of the molecule is COC(=O)c1cc(C2=CCCN([B]C=O)C2)cnc1OC. The fraction of sp³-hybridized carbons (Fsp3) is 0.357. The Morgan fingerprint density at radius 2 is 2.29 bits per heavy atom. The largest absolute Gasteiger partial charge is 0.480 e. The molecule has 0 saturated heterocycles. The third-order valence-electron chi connectivity index (χ3n) is 3.27. The van der Waals surface area contributed by atoms with Crippen LogP contribution in [-0.4, -0.2) is 56.7 Å². The molecule has 1 radical (unpaired) electrons. The van der Waals surface area contributed by atoms with Crippen LogP contribution in [0.15, 0.2) is 18.3 Å². The molecule has 1 aromatic rings. The third-order valence-corrected chi connectivity index (χ3v) is 3.27. The minimum atomic E-state index is -0.492. The summed E-state index contributed by atoms with van der Waals surface area (Å²) in [6.45, 7) is 1.41. The number of esters is 1. The van der Waals surface area contributed by atoms with Gasteiger partial charge in [-0.15, -0.1) is 0 Å². The average Bonchev–Trinajstić information content (AvgIpc) is 2.54. The molecule has 0 aromatic carbocycles. The zero-order valence-corrected chi connectivity index (χ0v) is 12.0. The lowest BCUT2D eigenvalue weighted by atomic mass is 9.89. The first kappa shape index (κ1) is 15.2. The lowest BCUT2D eigenvalue weighted by Gasteiger charge is -2.25. The van der Waals surface area contributed by atoms with Gasteiger partial charge in [0, 0.05) is 12.7 Å². The van der Waals surface area contributed by atoms with Gasteiger partial charge in [-0.2, -0.15) is 0 Å². The monoisotopic (exact) mass is 287 g/mol. The summed E-state index contributed by atoms with van der Waals surface area (Å²) in [6, 6.07) is 1.70. The molecule has 2 heterocycles. The number of carbonyl (C=O) groups excluding carboxylic acids is 2. The summed E-state index contributed by atoms with van der Waals surface area (Å²) in [5.74, 6) is -0.257. The summed E-state index contributed by atoms with van der Waals surface area (Å²) in [4.78, 5) is 28.4. The second kappa shape index (κ2) is 7.03. The van der Waals surface area contributed by atoms with Crippen molar-refractivity contribution in [3.63, 3.8) is 0 Å². The fourth-order valence-electron chi connectivity index (χ4n) is 2.24. The lowest BCUT2D eigenvalue weighted by molar-refractivity contribution is 0.0596. The molecule has 0 saturated carbocycles. The highest BCUT2D eigenvalue weighted by molar-refractivity contribution is 6.64.